The van der Waals surface area contributed by atoms with Crippen LogP contribution in [-0.4, -0.2) is 23.7 Å². The Morgan fingerprint density at radius 2 is 2.04 bits per heavy atom. The molecule has 24 heavy (non-hydrogen) atoms. The quantitative estimate of drug-likeness (QED) is 0.906. The summed E-state index contributed by atoms with van der Waals surface area (Å²) in [7, 11) is 0. The van der Waals surface area contributed by atoms with Crippen LogP contribution in [0.1, 0.15) is 28.4 Å². The zero-order valence-corrected chi connectivity index (χ0v) is 13.7. The second-order valence-corrected chi connectivity index (χ2v) is 6.14. The molecule has 2 aromatic carbocycles. The molecular weight excluding hydrogens is 309 g/mol. The third-order valence-corrected chi connectivity index (χ3v) is 4.38. The second-order valence-electron chi connectivity index (χ2n) is 6.14. The third kappa shape index (κ3) is 3.26. The summed E-state index contributed by atoms with van der Waals surface area (Å²) in [6.45, 7) is 3.96. The molecular formula is C19H20FNO3. The summed E-state index contributed by atoms with van der Waals surface area (Å²) in [5.41, 5.74) is 3.45. The molecule has 1 heterocycles. The van der Waals surface area contributed by atoms with Crippen molar-refractivity contribution in [3.63, 3.8) is 0 Å². The standard InChI is InChI=1S/C19H20FNO3/c1-11-7-13-9-18(24-17(13)8-12(11)2)19(23)21-10-16(22)14-5-3-4-6-15(14)20/h3-8,16,18,22H,9-10H2,1-2H3,(H,21,23). The van der Waals surface area contributed by atoms with Gasteiger partial charge in [0.1, 0.15) is 11.6 Å². The normalized spacial score (nSPS) is 17.1. The minimum absolute atomic E-state index is 0.0615. The number of aliphatic hydroxyl groups excluding tert-OH is 1. The van der Waals surface area contributed by atoms with E-state index in [1.165, 1.54) is 12.1 Å². The molecule has 126 valence electrons. The van der Waals surface area contributed by atoms with Crippen molar-refractivity contribution in [2.75, 3.05) is 6.54 Å². The topological polar surface area (TPSA) is 58.6 Å². The molecule has 0 spiro atoms. The predicted octanol–water partition coefficient (Wildman–Crippen LogP) is 2.60. The lowest BCUT2D eigenvalue weighted by atomic mass is 10.0. The fraction of sp³-hybridized carbons (Fsp3) is 0.316. The van der Waals surface area contributed by atoms with E-state index in [9.17, 15) is 14.3 Å². The number of carbonyl (C=O) groups excluding carboxylic acids is 1. The van der Waals surface area contributed by atoms with Crippen molar-refractivity contribution in [1.82, 2.24) is 5.32 Å². The Hall–Kier alpha value is -2.40. The molecule has 0 saturated heterocycles. The zero-order valence-electron chi connectivity index (χ0n) is 13.7. The molecule has 2 atom stereocenters. The highest BCUT2D eigenvalue weighted by Gasteiger charge is 2.29. The van der Waals surface area contributed by atoms with Crippen LogP contribution in [-0.2, 0) is 11.2 Å². The molecule has 0 fully saturated rings. The van der Waals surface area contributed by atoms with Crippen LogP contribution in [0.5, 0.6) is 5.75 Å². The van der Waals surface area contributed by atoms with Crippen molar-refractivity contribution in [3.8, 4) is 5.75 Å². The molecule has 2 N–H and O–H groups in total. The molecule has 1 amide bonds. The van der Waals surface area contributed by atoms with Crippen molar-refractivity contribution in [3.05, 3.63) is 64.5 Å². The minimum atomic E-state index is -1.09. The van der Waals surface area contributed by atoms with Crippen LogP contribution >= 0.6 is 0 Å². The summed E-state index contributed by atoms with van der Waals surface area (Å²) in [5, 5.41) is 12.7. The van der Waals surface area contributed by atoms with Gasteiger partial charge in [0.15, 0.2) is 6.10 Å². The monoisotopic (exact) mass is 329 g/mol. The van der Waals surface area contributed by atoms with Crippen molar-refractivity contribution < 1.29 is 19.0 Å². The predicted molar refractivity (Wildman–Crippen MR) is 88.4 cm³/mol. The largest absolute Gasteiger partial charge is 0.480 e. The van der Waals surface area contributed by atoms with Crippen LogP contribution in [0.3, 0.4) is 0 Å². The van der Waals surface area contributed by atoms with Crippen molar-refractivity contribution in [1.29, 1.82) is 0 Å². The van der Waals surface area contributed by atoms with E-state index in [0.717, 1.165) is 22.4 Å². The Labute approximate surface area is 140 Å². The van der Waals surface area contributed by atoms with E-state index in [1.54, 1.807) is 12.1 Å². The highest BCUT2D eigenvalue weighted by molar-refractivity contribution is 5.82. The Morgan fingerprint density at radius 3 is 2.79 bits per heavy atom. The van der Waals surface area contributed by atoms with E-state index in [-0.39, 0.29) is 18.0 Å². The van der Waals surface area contributed by atoms with Crippen LogP contribution in [0.2, 0.25) is 0 Å². The third-order valence-electron chi connectivity index (χ3n) is 4.38. The maximum atomic E-state index is 13.6. The number of hydrogen-bond donors (Lipinski definition) is 2. The second kappa shape index (κ2) is 6.61. The lowest BCUT2D eigenvalue weighted by Gasteiger charge is -2.15. The number of carbonyl (C=O) groups is 1. The van der Waals surface area contributed by atoms with Gasteiger partial charge in [0, 0.05) is 18.5 Å². The Morgan fingerprint density at radius 1 is 1.33 bits per heavy atom. The van der Waals surface area contributed by atoms with Gasteiger partial charge in [-0.2, -0.15) is 0 Å². The molecule has 0 aliphatic carbocycles. The van der Waals surface area contributed by atoms with E-state index >= 15 is 0 Å². The molecule has 2 aromatic rings. The summed E-state index contributed by atoms with van der Waals surface area (Å²) >= 11 is 0. The number of aliphatic hydroxyl groups is 1. The molecule has 5 heteroatoms. The number of nitrogens with one attached hydrogen (secondary N) is 1. The fourth-order valence-electron chi connectivity index (χ4n) is 2.83. The zero-order chi connectivity index (χ0) is 17.3. The molecule has 1 aliphatic rings. The van der Waals surface area contributed by atoms with Crippen LogP contribution in [0, 0.1) is 19.7 Å². The number of rotatable bonds is 4. The molecule has 0 saturated carbocycles. The molecule has 2 unspecified atom stereocenters. The fourth-order valence-corrected chi connectivity index (χ4v) is 2.83. The number of amides is 1. The maximum absolute atomic E-state index is 13.6. The Kier molecular flexibility index (Phi) is 4.53. The molecule has 0 aromatic heterocycles. The van der Waals surface area contributed by atoms with E-state index in [1.807, 2.05) is 26.0 Å². The summed E-state index contributed by atoms with van der Waals surface area (Å²) < 4.78 is 19.3. The summed E-state index contributed by atoms with van der Waals surface area (Å²) in [6.07, 6.45) is -1.21. The summed E-state index contributed by atoms with van der Waals surface area (Å²) in [5.74, 6) is -0.0699. The van der Waals surface area contributed by atoms with Gasteiger partial charge in [-0.15, -0.1) is 0 Å². The van der Waals surface area contributed by atoms with Gasteiger partial charge in [0.25, 0.3) is 5.91 Å². The summed E-state index contributed by atoms with van der Waals surface area (Å²) in [6, 6.07) is 9.95. The number of hydrogen-bond acceptors (Lipinski definition) is 3. The molecule has 0 radical (unpaired) electrons. The van der Waals surface area contributed by atoms with Gasteiger partial charge in [-0.3, -0.25) is 4.79 Å². The van der Waals surface area contributed by atoms with Gasteiger partial charge in [-0.05, 0) is 42.7 Å². The number of fused-ring (bicyclic) bond motifs is 1. The Balaban J connectivity index is 1.60. The first kappa shape index (κ1) is 16.5. The van der Waals surface area contributed by atoms with Gasteiger partial charge in [0.2, 0.25) is 0 Å². The first-order valence-corrected chi connectivity index (χ1v) is 7.92. The van der Waals surface area contributed by atoms with Gasteiger partial charge >= 0.3 is 0 Å². The number of ether oxygens (including phenoxy) is 1. The number of aryl methyl sites for hydroxylation is 2. The van der Waals surface area contributed by atoms with Crippen LogP contribution in [0.15, 0.2) is 36.4 Å². The van der Waals surface area contributed by atoms with E-state index < -0.39 is 18.0 Å². The van der Waals surface area contributed by atoms with Crippen molar-refractivity contribution in [2.24, 2.45) is 0 Å². The number of halogens is 1. The van der Waals surface area contributed by atoms with E-state index in [0.29, 0.717) is 6.42 Å². The minimum Gasteiger partial charge on any atom is -0.480 e. The highest BCUT2D eigenvalue weighted by Crippen LogP contribution is 2.31. The molecule has 0 bridgehead atoms. The lowest BCUT2D eigenvalue weighted by molar-refractivity contribution is -0.127. The molecule has 3 rings (SSSR count). The van der Waals surface area contributed by atoms with Gasteiger partial charge < -0.3 is 15.2 Å². The van der Waals surface area contributed by atoms with Crippen molar-refractivity contribution in [2.45, 2.75) is 32.5 Å². The Bertz CT molecular complexity index is 744. The van der Waals surface area contributed by atoms with E-state index in [2.05, 4.69) is 5.32 Å². The van der Waals surface area contributed by atoms with E-state index in [4.69, 9.17) is 4.74 Å². The average molecular weight is 329 g/mol. The van der Waals surface area contributed by atoms with Gasteiger partial charge in [-0.25, -0.2) is 4.39 Å². The lowest BCUT2D eigenvalue weighted by Crippen LogP contribution is -2.39. The van der Waals surface area contributed by atoms with Gasteiger partial charge in [0.05, 0.1) is 6.10 Å². The van der Waals surface area contributed by atoms with Crippen LogP contribution in [0.4, 0.5) is 4.39 Å². The highest BCUT2D eigenvalue weighted by atomic mass is 19.1. The SMILES string of the molecule is Cc1cc2c(cc1C)OC(C(=O)NCC(O)c1ccccc1F)C2. The first-order chi connectivity index (χ1) is 11.5. The van der Waals surface area contributed by atoms with Crippen molar-refractivity contribution >= 4 is 5.91 Å². The summed E-state index contributed by atoms with van der Waals surface area (Å²) in [4.78, 5) is 12.3. The van der Waals surface area contributed by atoms with Crippen LogP contribution in [0.25, 0.3) is 0 Å². The maximum Gasteiger partial charge on any atom is 0.261 e. The molecule has 1 aliphatic heterocycles. The molecule has 4 nitrogen and oxygen atoms in total. The average Bonchev–Trinajstić information content (AvgIpc) is 2.96. The number of benzene rings is 2. The first-order valence-electron chi connectivity index (χ1n) is 7.92. The van der Waals surface area contributed by atoms with Crippen LogP contribution < -0.4 is 10.1 Å². The van der Waals surface area contributed by atoms with Gasteiger partial charge in [-0.1, -0.05) is 24.3 Å². The smallest absolute Gasteiger partial charge is 0.261 e.